The lowest BCUT2D eigenvalue weighted by Gasteiger charge is -2.13. The molecule has 2 nitrogen and oxygen atoms in total. The van der Waals surface area contributed by atoms with Crippen molar-refractivity contribution >= 4 is 0 Å². The van der Waals surface area contributed by atoms with Crippen LogP contribution in [0.3, 0.4) is 0 Å². The quantitative estimate of drug-likeness (QED) is 0.804. The zero-order chi connectivity index (χ0) is 11.5. The summed E-state index contributed by atoms with van der Waals surface area (Å²) in [7, 11) is 0. The van der Waals surface area contributed by atoms with Gasteiger partial charge in [-0.15, -0.1) is 0 Å². The van der Waals surface area contributed by atoms with E-state index in [9.17, 15) is 9.50 Å². The Labute approximate surface area is 95.5 Å². The van der Waals surface area contributed by atoms with Crippen molar-refractivity contribution in [3.63, 3.8) is 0 Å². The molecule has 2 N–H and O–H groups in total. The summed E-state index contributed by atoms with van der Waals surface area (Å²) in [6.07, 6.45) is 3.87. The summed E-state index contributed by atoms with van der Waals surface area (Å²) >= 11 is 0. The number of benzene rings is 1. The number of hydrogen-bond acceptors (Lipinski definition) is 2. The van der Waals surface area contributed by atoms with E-state index >= 15 is 0 Å². The highest BCUT2D eigenvalue weighted by Gasteiger charge is 2.23. The molecule has 2 rings (SSSR count). The van der Waals surface area contributed by atoms with Gasteiger partial charge in [-0.05, 0) is 37.5 Å². The maximum Gasteiger partial charge on any atom is 0.123 e. The minimum absolute atomic E-state index is 0.160. The van der Waals surface area contributed by atoms with Crippen LogP contribution in [-0.4, -0.2) is 11.1 Å². The second-order valence-electron chi connectivity index (χ2n) is 4.73. The van der Waals surface area contributed by atoms with Gasteiger partial charge < -0.3 is 10.4 Å². The van der Waals surface area contributed by atoms with Crippen molar-refractivity contribution in [2.45, 2.75) is 38.8 Å². The molecule has 1 unspecified atom stereocenters. The lowest BCUT2D eigenvalue weighted by Crippen LogP contribution is -2.25. The van der Waals surface area contributed by atoms with Crippen molar-refractivity contribution in [2.24, 2.45) is 5.92 Å². The highest BCUT2D eigenvalue weighted by molar-refractivity contribution is 5.32. The van der Waals surface area contributed by atoms with E-state index in [1.54, 1.807) is 0 Å². The summed E-state index contributed by atoms with van der Waals surface area (Å²) in [4.78, 5) is 0. The summed E-state index contributed by atoms with van der Waals surface area (Å²) < 4.78 is 13.0. The Bertz CT molecular complexity index is 363. The van der Waals surface area contributed by atoms with E-state index in [1.807, 2.05) is 0 Å². The van der Waals surface area contributed by atoms with Gasteiger partial charge in [0.2, 0.25) is 0 Å². The number of hydrogen-bond donors (Lipinski definition) is 2. The molecule has 1 atom stereocenters. The van der Waals surface area contributed by atoms with Crippen LogP contribution in [0.1, 0.15) is 31.7 Å². The maximum atomic E-state index is 13.0. The van der Waals surface area contributed by atoms with Crippen molar-refractivity contribution in [1.82, 2.24) is 5.32 Å². The Morgan fingerprint density at radius 1 is 1.50 bits per heavy atom. The molecular weight excluding hydrogens is 205 g/mol. The van der Waals surface area contributed by atoms with Crippen molar-refractivity contribution in [3.8, 4) is 5.75 Å². The highest BCUT2D eigenvalue weighted by atomic mass is 19.1. The topological polar surface area (TPSA) is 32.3 Å². The van der Waals surface area contributed by atoms with Crippen molar-refractivity contribution in [2.75, 3.05) is 0 Å². The number of halogens is 1. The van der Waals surface area contributed by atoms with E-state index in [1.165, 1.54) is 37.5 Å². The maximum absolute atomic E-state index is 13.0. The largest absolute Gasteiger partial charge is 0.508 e. The minimum Gasteiger partial charge on any atom is -0.508 e. The number of phenolic OH excluding ortho intramolecular Hbond substituents is 1. The molecule has 1 aromatic carbocycles. The standard InChI is InChI=1S/C13H18FNO/c1-9(6-10-2-3-10)15-8-11-7-12(14)4-5-13(11)16/h4-5,7,9-10,15-16H,2-3,6,8H2,1H3. The number of rotatable bonds is 5. The summed E-state index contributed by atoms with van der Waals surface area (Å²) in [6, 6.07) is 4.48. The van der Waals surface area contributed by atoms with E-state index < -0.39 is 0 Å². The predicted molar refractivity (Wildman–Crippen MR) is 61.7 cm³/mol. The molecule has 1 aliphatic carbocycles. The van der Waals surface area contributed by atoms with Crippen LogP contribution in [0, 0.1) is 11.7 Å². The number of nitrogens with one attached hydrogen (secondary N) is 1. The molecular formula is C13H18FNO. The Balaban J connectivity index is 1.85. The monoisotopic (exact) mass is 223 g/mol. The average molecular weight is 223 g/mol. The summed E-state index contributed by atoms with van der Waals surface area (Å²) in [6.45, 7) is 2.66. The minimum atomic E-state index is -0.301. The van der Waals surface area contributed by atoms with Gasteiger partial charge in [0.1, 0.15) is 11.6 Å². The van der Waals surface area contributed by atoms with E-state index in [2.05, 4.69) is 12.2 Å². The zero-order valence-electron chi connectivity index (χ0n) is 9.54. The van der Waals surface area contributed by atoms with Gasteiger partial charge in [-0.1, -0.05) is 12.8 Å². The first-order valence-electron chi connectivity index (χ1n) is 5.86. The molecule has 0 aliphatic heterocycles. The molecule has 16 heavy (non-hydrogen) atoms. The van der Waals surface area contributed by atoms with Gasteiger partial charge in [0.25, 0.3) is 0 Å². The molecule has 1 aromatic rings. The molecule has 1 aliphatic rings. The first kappa shape index (κ1) is 11.4. The highest BCUT2D eigenvalue weighted by Crippen LogP contribution is 2.33. The third-order valence-corrected chi connectivity index (χ3v) is 3.07. The van der Waals surface area contributed by atoms with Crippen LogP contribution in [0.5, 0.6) is 5.75 Å². The molecule has 0 saturated heterocycles. The van der Waals surface area contributed by atoms with Gasteiger partial charge in [-0.2, -0.15) is 0 Å². The van der Waals surface area contributed by atoms with Crippen molar-refractivity contribution < 1.29 is 9.50 Å². The molecule has 1 saturated carbocycles. The summed E-state index contributed by atoms with van der Waals surface area (Å²) in [5, 5.41) is 12.8. The molecule has 0 spiro atoms. The average Bonchev–Trinajstić information content (AvgIpc) is 3.03. The van der Waals surface area contributed by atoms with Crippen LogP contribution >= 0.6 is 0 Å². The van der Waals surface area contributed by atoms with Crippen LogP contribution in [0.25, 0.3) is 0 Å². The van der Waals surface area contributed by atoms with Gasteiger partial charge in [-0.3, -0.25) is 0 Å². The first-order valence-corrected chi connectivity index (χ1v) is 5.86. The molecule has 0 radical (unpaired) electrons. The fraction of sp³-hybridized carbons (Fsp3) is 0.538. The lowest BCUT2D eigenvalue weighted by molar-refractivity contribution is 0.447. The van der Waals surface area contributed by atoms with Crippen LogP contribution in [0.4, 0.5) is 4.39 Å². The second kappa shape index (κ2) is 4.83. The summed E-state index contributed by atoms with van der Waals surface area (Å²) in [5.41, 5.74) is 0.627. The van der Waals surface area contributed by atoms with Gasteiger partial charge in [0, 0.05) is 18.2 Å². The van der Waals surface area contributed by atoms with Crippen LogP contribution in [0.15, 0.2) is 18.2 Å². The molecule has 88 valence electrons. The van der Waals surface area contributed by atoms with Gasteiger partial charge in [0.15, 0.2) is 0 Å². The molecule has 0 heterocycles. The van der Waals surface area contributed by atoms with E-state index in [0.29, 0.717) is 18.2 Å². The SMILES string of the molecule is CC(CC1CC1)NCc1cc(F)ccc1O. The molecule has 0 bridgehead atoms. The van der Waals surface area contributed by atoms with Crippen LogP contribution in [0.2, 0.25) is 0 Å². The first-order chi connectivity index (χ1) is 7.65. The van der Waals surface area contributed by atoms with E-state index in [0.717, 1.165) is 5.92 Å². The third kappa shape index (κ3) is 3.20. The Morgan fingerprint density at radius 3 is 2.94 bits per heavy atom. The third-order valence-electron chi connectivity index (χ3n) is 3.07. The Hall–Kier alpha value is -1.09. The fourth-order valence-corrected chi connectivity index (χ4v) is 1.92. The molecule has 0 amide bonds. The second-order valence-corrected chi connectivity index (χ2v) is 4.73. The van der Waals surface area contributed by atoms with Crippen LogP contribution < -0.4 is 5.32 Å². The van der Waals surface area contributed by atoms with Gasteiger partial charge in [0.05, 0.1) is 0 Å². The fourth-order valence-electron chi connectivity index (χ4n) is 1.92. The lowest BCUT2D eigenvalue weighted by atomic mass is 10.1. The van der Waals surface area contributed by atoms with Crippen molar-refractivity contribution in [1.29, 1.82) is 0 Å². The predicted octanol–water partition coefficient (Wildman–Crippen LogP) is 2.81. The van der Waals surface area contributed by atoms with Gasteiger partial charge >= 0.3 is 0 Å². The Kier molecular flexibility index (Phi) is 3.44. The molecule has 1 fully saturated rings. The van der Waals surface area contributed by atoms with E-state index in [-0.39, 0.29) is 11.6 Å². The number of aromatic hydroxyl groups is 1. The summed E-state index contributed by atoms with van der Waals surface area (Å²) in [5.74, 6) is 0.737. The van der Waals surface area contributed by atoms with Crippen LogP contribution in [-0.2, 0) is 6.54 Å². The number of phenols is 1. The van der Waals surface area contributed by atoms with E-state index in [4.69, 9.17) is 0 Å². The Morgan fingerprint density at radius 2 is 2.25 bits per heavy atom. The van der Waals surface area contributed by atoms with Gasteiger partial charge in [-0.25, -0.2) is 4.39 Å². The molecule has 3 heteroatoms. The smallest absolute Gasteiger partial charge is 0.123 e. The van der Waals surface area contributed by atoms with Crippen molar-refractivity contribution in [3.05, 3.63) is 29.6 Å². The molecule has 0 aromatic heterocycles. The normalized spacial score (nSPS) is 17.4. The zero-order valence-corrected chi connectivity index (χ0v) is 9.54.